The SMILES string of the molecule is C.C.C.C.C.C.C=C(C)[C@@H]1CCC(C)=C[C@H]1c1c(O)cc(CCC)cc1O.C=C(C)[C@@H]1CCC(C)=C[C@H]1c1c(O)cc(CCCCC)c(C(=O)O)c1O.C=C(C)[C@@H]1CCC(C)=C[C@H]1c1c(O)cc(CCCCC)cc1O.CCCCCc1cc(O)c(C/C=C(\C)CCC=C(C)C)c(O)c1.CCCCCc1cc(O)c2c(c1)OC(C)(CCC=C(C)C)C=C2.CCCc1cc(O)c2c(c1)OC(C)(CCC=C(C)C)C=C2. The molecule has 0 fully saturated rings. The highest BCUT2D eigenvalue weighted by molar-refractivity contribution is 5.94. The molecule has 0 amide bonds. The molecule has 0 aromatic heterocycles. The minimum Gasteiger partial charge on any atom is -0.508 e. The lowest BCUT2D eigenvalue weighted by Gasteiger charge is -2.32. The molecule has 8 atom stereocenters. The van der Waals surface area contributed by atoms with Crippen molar-refractivity contribution in [2.75, 3.05) is 0 Å². The fraction of sp³-hybridized carbons (Fsp3) is 0.527. The summed E-state index contributed by atoms with van der Waals surface area (Å²) >= 11 is 0. The Balaban J connectivity index is 0.00000168. The Morgan fingerprint density at radius 3 is 1.01 bits per heavy atom. The molecule has 11 rings (SSSR count). The molecular weight excluding hydrogens is 1770 g/mol. The summed E-state index contributed by atoms with van der Waals surface area (Å²) in [6, 6.07) is 20.3. The molecule has 14 nitrogen and oxygen atoms in total. The van der Waals surface area contributed by atoms with Gasteiger partial charge in [-0.3, -0.25) is 0 Å². The summed E-state index contributed by atoms with van der Waals surface area (Å²) in [5.41, 5.74) is 21.3. The molecule has 2 heterocycles. The van der Waals surface area contributed by atoms with Gasteiger partial charge in [-0.25, -0.2) is 4.79 Å². The Bertz CT molecular complexity index is 5210. The molecule has 2 aliphatic heterocycles. The summed E-state index contributed by atoms with van der Waals surface area (Å²) in [4.78, 5) is 11.8. The standard InChI is InChI=1S/C22H30O4.2C21H30O2.C21H32O2.2C19H26O2.6CH4/c1-5-6-7-8-15-12-18(23)20(21(24)19(15)22(25)26)17-11-14(4)9-10-16(17)13(2)3;1-5-6-7-10-17-14-19(22)18-11-13-21(4,23-20(18)15-17)12-8-9-16(2)3;1-5-6-7-8-16-12-19(22)21(20(23)13-16)18-11-15(4)9-10-17(18)14(2)3;1-5-6-7-11-18-14-20(22)19(21(23)15-18)13-12-17(4)10-8-9-16(2)3;1-5-7-15-12-17(20)16-9-11-19(4,21-18(16)13-15)10-6-8-14(2)3;1-5-6-14-10-17(20)19(18(21)11-14)16-9-13(4)7-8-15(16)12(2)3;;;;;;/h11-12,16-17,23-24H,2,5-10H2,1,3-4H3,(H,25,26);9,11,13-15,22H,5-8,10,12H2,1-4H3;11-13,17-18,22-23H,2,5-10H2,1,3-4H3;9,12,14-15,22-23H,5-8,10-11,13H2,1-4H3;8-9,11-13,20H,5-7,10H2,1-4H3;9-11,15-16,20-21H,2,5-8H2,1,3-4H3;6*1H4/b;;;17-12+;;;;;;;;/t16-,17+;;17-,18+;;;15-,16+;;;;;;/m0.0..0....../s1. The lowest BCUT2D eigenvalue weighted by Crippen LogP contribution is -2.31. The number of aryl methyl sites for hydroxylation is 6. The van der Waals surface area contributed by atoms with Crippen LogP contribution >= 0.6 is 0 Å². The zero-order valence-electron chi connectivity index (χ0n) is 87.8. The number of benzene rings is 6. The van der Waals surface area contributed by atoms with Crippen LogP contribution in [0.2, 0.25) is 0 Å². The minimum absolute atomic E-state index is 0. The Labute approximate surface area is 870 Å². The number of allylic oxidation sites excluding steroid dienone is 17. The maximum Gasteiger partial charge on any atom is 0.339 e. The molecule has 0 saturated heterocycles. The number of hydrogen-bond acceptors (Lipinski definition) is 13. The molecule has 2 unspecified atom stereocenters. The average Bonchev–Trinajstić information content (AvgIpc) is 0.771. The predicted molar refractivity (Wildman–Crippen MR) is 615 cm³/mol. The number of rotatable bonds is 38. The monoisotopic (exact) mass is 1970 g/mol. The van der Waals surface area contributed by atoms with Gasteiger partial charge in [0.05, 0.1) is 11.1 Å². The van der Waals surface area contributed by atoms with Crippen molar-refractivity contribution in [3.05, 3.63) is 269 Å². The van der Waals surface area contributed by atoms with Crippen LogP contribution in [0.25, 0.3) is 12.2 Å². The van der Waals surface area contributed by atoms with Crippen LogP contribution in [0.15, 0.2) is 197 Å². The molecule has 5 aliphatic rings. The number of unbranched alkanes of at least 4 members (excludes halogenated alkanes) is 8. The molecule has 798 valence electrons. The summed E-state index contributed by atoms with van der Waals surface area (Å²) in [7, 11) is 0. The molecule has 143 heavy (non-hydrogen) atoms. The van der Waals surface area contributed by atoms with E-state index in [4.69, 9.17) is 9.47 Å². The van der Waals surface area contributed by atoms with Crippen molar-refractivity contribution in [1.29, 1.82) is 0 Å². The Morgan fingerprint density at radius 2 is 0.678 bits per heavy atom. The van der Waals surface area contributed by atoms with Gasteiger partial charge in [-0.2, -0.15) is 0 Å². The first-order valence-electron chi connectivity index (χ1n) is 51.4. The van der Waals surface area contributed by atoms with Crippen LogP contribution in [0, 0.1) is 17.8 Å². The van der Waals surface area contributed by atoms with Gasteiger partial charge in [0.25, 0.3) is 0 Å². The lowest BCUT2D eigenvalue weighted by molar-refractivity contribution is 0.0691. The third-order valence-corrected chi connectivity index (χ3v) is 27.1. The van der Waals surface area contributed by atoms with E-state index in [1.165, 1.54) is 83.6 Å². The van der Waals surface area contributed by atoms with Crippen molar-refractivity contribution in [3.8, 4) is 69.0 Å². The van der Waals surface area contributed by atoms with Crippen molar-refractivity contribution in [2.45, 2.75) is 431 Å². The normalized spacial score (nSPS) is 18.1. The molecule has 6 aromatic rings. The van der Waals surface area contributed by atoms with E-state index in [-0.39, 0.29) is 143 Å². The van der Waals surface area contributed by atoms with Gasteiger partial charge >= 0.3 is 5.97 Å². The number of phenolic OH excluding ortho intramolecular Hbond substituents is 9. The highest BCUT2D eigenvalue weighted by Gasteiger charge is 2.37. The third kappa shape index (κ3) is 41.7. The van der Waals surface area contributed by atoms with Crippen LogP contribution in [0.1, 0.15) is 452 Å². The first-order valence-corrected chi connectivity index (χ1v) is 51.4. The Kier molecular flexibility index (Phi) is 60.7. The smallest absolute Gasteiger partial charge is 0.339 e. The Morgan fingerprint density at radius 1 is 0.378 bits per heavy atom. The topological polar surface area (TPSA) is 258 Å². The van der Waals surface area contributed by atoms with Gasteiger partial charge in [-0.05, 0) is 394 Å². The molecular formula is C129H198O14. The number of aromatic hydroxyl groups is 10. The van der Waals surface area contributed by atoms with Crippen molar-refractivity contribution < 1.29 is 70.4 Å². The van der Waals surface area contributed by atoms with Crippen LogP contribution in [0.4, 0.5) is 0 Å². The number of ether oxygens (including phenoxy) is 2. The lowest BCUT2D eigenvalue weighted by atomic mass is 9.73. The predicted octanol–water partition coefficient (Wildman–Crippen LogP) is 37.6. The number of carboxylic acid groups (broad SMARTS) is 1. The highest BCUT2D eigenvalue weighted by Crippen LogP contribution is 2.52. The molecule has 0 spiro atoms. The molecule has 14 heteroatoms. The summed E-state index contributed by atoms with van der Waals surface area (Å²) in [5, 5.41) is 114. The largest absolute Gasteiger partial charge is 0.508 e. The highest BCUT2D eigenvalue weighted by atomic mass is 16.5. The fourth-order valence-corrected chi connectivity index (χ4v) is 19.2. The summed E-state index contributed by atoms with van der Waals surface area (Å²) in [6.07, 6.45) is 56.3. The van der Waals surface area contributed by atoms with E-state index < -0.39 is 5.97 Å². The molecule has 6 aromatic carbocycles. The van der Waals surface area contributed by atoms with Crippen LogP contribution in [-0.4, -0.2) is 73.3 Å². The van der Waals surface area contributed by atoms with E-state index in [2.05, 4.69) is 198 Å². The van der Waals surface area contributed by atoms with E-state index in [1.54, 1.807) is 24.3 Å². The second kappa shape index (κ2) is 65.6. The van der Waals surface area contributed by atoms with Gasteiger partial charge in [0.1, 0.15) is 85.8 Å². The van der Waals surface area contributed by atoms with Gasteiger partial charge in [-0.15, -0.1) is 0 Å². The minimum atomic E-state index is -1.15. The number of hydrogen-bond donors (Lipinski definition) is 11. The summed E-state index contributed by atoms with van der Waals surface area (Å²) in [5.74, 6) is 2.49. The number of phenols is 10. The van der Waals surface area contributed by atoms with E-state index in [9.17, 15) is 61.0 Å². The molecule has 11 N–H and O–H groups in total. The second-order valence-electron chi connectivity index (χ2n) is 40.9. The summed E-state index contributed by atoms with van der Waals surface area (Å²) < 4.78 is 12.4. The van der Waals surface area contributed by atoms with Gasteiger partial charge in [0.2, 0.25) is 0 Å². The van der Waals surface area contributed by atoms with Crippen molar-refractivity contribution in [3.63, 3.8) is 0 Å². The number of carboxylic acids is 1. The van der Waals surface area contributed by atoms with Crippen molar-refractivity contribution in [2.24, 2.45) is 17.8 Å². The van der Waals surface area contributed by atoms with Gasteiger partial charge in [0, 0.05) is 40.0 Å². The Hall–Kier alpha value is -10.7. The number of carbonyl (C=O) groups is 1. The van der Waals surface area contributed by atoms with Gasteiger partial charge in [-0.1, -0.05) is 268 Å². The maximum absolute atomic E-state index is 11.8. The zero-order chi connectivity index (χ0) is 102. The third-order valence-electron chi connectivity index (χ3n) is 27.1. The zero-order valence-corrected chi connectivity index (χ0v) is 87.8. The first-order chi connectivity index (χ1) is 64.9. The second-order valence-corrected chi connectivity index (χ2v) is 40.9. The number of aromatic carboxylic acids is 1. The van der Waals surface area contributed by atoms with Crippen LogP contribution in [0.3, 0.4) is 0 Å². The quantitative estimate of drug-likeness (QED) is 0.0127. The van der Waals surface area contributed by atoms with E-state index >= 15 is 0 Å². The molecule has 0 saturated carbocycles. The fourth-order valence-electron chi connectivity index (χ4n) is 19.2. The first kappa shape index (κ1) is 132. The molecule has 0 radical (unpaired) electrons. The van der Waals surface area contributed by atoms with Crippen LogP contribution < -0.4 is 9.47 Å². The number of fused-ring (bicyclic) bond motifs is 2. The molecule has 3 aliphatic carbocycles. The van der Waals surface area contributed by atoms with Crippen molar-refractivity contribution in [1.82, 2.24) is 0 Å². The summed E-state index contributed by atoms with van der Waals surface area (Å²) in [6.45, 7) is 56.4. The van der Waals surface area contributed by atoms with Crippen LogP contribution in [-0.2, 0) is 44.9 Å². The molecule has 0 bridgehead atoms. The van der Waals surface area contributed by atoms with Gasteiger partial charge in [0.15, 0.2) is 0 Å². The van der Waals surface area contributed by atoms with Gasteiger partial charge < -0.3 is 65.6 Å². The maximum atomic E-state index is 11.8. The average molecular weight is 1970 g/mol. The van der Waals surface area contributed by atoms with E-state index in [0.717, 1.165) is 228 Å². The van der Waals surface area contributed by atoms with E-state index in [1.807, 2.05) is 70.2 Å². The van der Waals surface area contributed by atoms with E-state index in [0.29, 0.717) is 52.2 Å². The van der Waals surface area contributed by atoms with Crippen molar-refractivity contribution >= 4 is 18.1 Å². The van der Waals surface area contributed by atoms with Crippen LogP contribution in [0.5, 0.6) is 69.0 Å².